The number of fused-ring (bicyclic) bond motifs is 1. The summed E-state index contributed by atoms with van der Waals surface area (Å²) in [6.07, 6.45) is 6.53. The molecule has 0 aromatic carbocycles. The third-order valence-corrected chi connectivity index (χ3v) is 4.09. The van der Waals surface area contributed by atoms with Crippen molar-refractivity contribution in [2.45, 2.75) is 19.8 Å². The van der Waals surface area contributed by atoms with Crippen molar-refractivity contribution >= 4 is 11.7 Å². The van der Waals surface area contributed by atoms with Crippen LogP contribution in [0.15, 0.2) is 24.8 Å². The minimum absolute atomic E-state index is 0.0355. The fraction of sp³-hybridized carbons (Fsp3) is 0.412. The third-order valence-electron chi connectivity index (χ3n) is 4.09. The maximum Gasteiger partial charge on any atom is 0.255 e. The second kappa shape index (κ2) is 6.32. The van der Waals surface area contributed by atoms with E-state index in [2.05, 4.69) is 15.0 Å². The number of anilines is 1. The van der Waals surface area contributed by atoms with Gasteiger partial charge in [0.15, 0.2) is 0 Å². The molecule has 0 radical (unpaired) electrons. The van der Waals surface area contributed by atoms with Crippen LogP contribution in [0.25, 0.3) is 0 Å². The molecule has 0 aliphatic carbocycles. The normalized spacial score (nSPS) is 14.1. The van der Waals surface area contributed by atoms with E-state index < -0.39 is 0 Å². The quantitative estimate of drug-likeness (QED) is 0.841. The van der Waals surface area contributed by atoms with Crippen LogP contribution in [0.1, 0.15) is 27.2 Å². The van der Waals surface area contributed by atoms with Crippen molar-refractivity contribution in [3.63, 3.8) is 0 Å². The molecule has 0 saturated heterocycles. The van der Waals surface area contributed by atoms with Crippen LogP contribution >= 0.6 is 0 Å². The summed E-state index contributed by atoms with van der Waals surface area (Å²) in [4.78, 5) is 29.5. The lowest BCUT2D eigenvalue weighted by atomic mass is 10.1. The van der Waals surface area contributed by atoms with Gasteiger partial charge in [-0.25, -0.2) is 9.97 Å². The number of pyridine rings is 1. The van der Waals surface area contributed by atoms with E-state index in [1.165, 1.54) is 0 Å². The fourth-order valence-electron chi connectivity index (χ4n) is 2.95. The molecule has 120 valence electrons. The van der Waals surface area contributed by atoms with Crippen LogP contribution < -0.4 is 4.90 Å². The van der Waals surface area contributed by atoms with E-state index in [9.17, 15) is 4.79 Å². The number of nitrogens with zero attached hydrogens (tertiary/aromatic N) is 5. The number of aromatic nitrogens is 3. The van der Waals surface area contributed by atoms with Crippen molar-refractivity contribution in [3.8, 4) is 0 Å². The van der Waals surface area contributed by atoms with Crippen molar-refractivity contribution in [1.29, 1.82) is 0 Å². The first kappa shape index (κ1) is 15.4. The molecule has 6 nitrogen and oxygen atoms in total. The van der Waals surface area contributed by atoms with Crippen molar-refractivity contribution in [1.82, 2.24) is 19.9 Å². The summed E-state index contributed by atoms with van der Waals surface area (Å²) in [6, 6.07) is 1.89. The summed E-state index contributed by atoms with van der Waals surface area (Å²) in [5.74, 6) is 0.981. The summed E-state index contributed by atoms with van der Waals surface area (Å²) in [7, 11) is 3.96. The first-order valence-corrected chi connectivity index (χ1v) is 7.77. The average Bonchev–Trinajstić information content (AvgIpc) is 2.76. The molecular formula is C17H21N5O. The summed E-state index contributed by atoms with van der Waals surface area (Å²) in [5.41, 5.74) is 3.83. The Balaban J connectivity index is 1.82. The number of hydrogen-bond acceptors (Lipinski definition) is 5. The predicted octanol–water partition coefficient (Wildman–Crippen LogP) is 1.49. The van der Waals surface area contributed by atoms with Crippen LogP contribution in [0.3, 0.4) is 0 Å². The summed E-state index contributed by atoms with van der Waals surface area (Å²) in [5, 5.41) is 0. The summed E-state index contributed by atoms with van der Waals surface area (Å²) < 4.78 is 0. The van der Waals surface area contributed by atoms with Crippen molar-refractivity contribution in [3.05, 3.63) is 47.2 Å². The molecule has 0 saturated carbocycles. The highest BCUT2D eigenvalue weighted by Crippen LogP contribution is 2.22. The SMILES string of the molecule is Cc1cncc(C(=O)N2CCc3ncnc(N(C)C)c3CC2)c1. The first-order chi connectivity index (χ1) is 11.1. The van der Waals surface area contributed by atoms with Gasteiger partial charge in [-0.15, -0.1) is 0 Å². The van der Waals surface area contributed by atoms with E-state index in [4.69, 9.17) is 0 Å². The van der Waals surface area contributed by atoms with Gasteiger partial charge in [0, 0.05) is 51.6 Å². The summed E-state index contributed by atoms with van der Waals surface area (Å²) >= 11 is 0. The standard InChI is InChI=1S/C17H21N5O/c1-12-8-13(10-18-9-12)17(23)22-6-4-14-15(5-7-22)19-11-20-16(14)21(2)3/h8-11H,4-7H2,1-3H3. The topological polar surface area (TPSA) is 62.2 Å². The predicted molar refractivity (Wildman–Crippen MR) is 88.6 cm³/mol. The number of carbonyl (C=O) groups is 1. The molecule has 1 aliphatic rings. The minimum atomic E-state index is 0.0355. The first-order valence-electron chi connectivity index (χ1n) is 7.77. The smallest absolute Gasteiger partial charge is 0.255 e. The zero-order chi connectivity index (χ0) is 16.4. The Morgan fingerprint density at radius 1 is 1.17 bits per heavy atom. The molecule has 3 rings (SSSR count). The molecule has 0 atom stereocenters. The van der Waals surface area contributed by atoms with Gasteiger partial charge >= 0.3 is 0 Å². The Kier molecular flexibility index (Phi) is 4.23. The van der Waals surface area contributed by atoms with E-state index in [1.54, 1.807) is 18.7 Å². The Morgan fingerprint density at radius 3 is 2.70 bits per heavy atom. The molecule has 2 aromatic rings. The number of hydrogen-bond donors (Lipinski definition) is 0. The molecule has 0 bridgehead atoms. The molecule has 6 heteroatoms. The van der Waals surface area contributed by atoms with Crippen LogP contribution in [0.4, 0.5) is 5.82 Å². The average molecular weight is 311 g/mol. The summed E-state index contributed by atoms with van der Waals surface area (Å²) in [6.45, 7) is 3.29. The Morgan fingerprint density at radius 2 is 1.96 bits per heavy atom. The molecule has 0 N–H and O–H groups in total. The maximum atomic E-state index is 12.7. The zero-order valence-corrected chi connectivity index (χ0v) is 13.8. The Hall–Kier alpha value is -2.50. The van der Waals surface area contributed by atoms with E-state index >= 15 is 0 Å². The highest BCUT2D eigenvalue weighted by Gasteiger charge is 2.23. The molecule has 1 amide bonds. The Labute approximate surface area is 136 Å². The highest BCUT2D eigenvalue weighted by atomic mass is 16.2. The van der Waals surface area contributed by atoms with Crippen molar-refractivity contribution in [2.75, 3.05) is 32.1 Å². The number of rotatable bonds is 2. The van der Waals surface area contributed by atoms with Gasteiger partial charge in [-0.3, -0.25) is 9.78 Å². The van der Waals surface area contributed by atoms with E-state index in [0.717, 1.165) is 35.5 Å². The third kappa shape index (κ3) is 3.16. The Bertz CT molecular complexity index is 729. The molecule has 0 fully saturated rings. The lowest BCUT2D eigenvalue weighted by Gasteiger charge is -2.20. The molecule has 2 aromatic heterocycles. The van der Waals surface area contributed by atoms with Crippen LogP contribution in [-0.2, 0) is 12.8 Å². The van der Waals surface area contributed by atoms with Crippen LogP contribution in [0, 0.1) is 6.92 Å². The van der Waals surface area contributed by atoms with Crippen LogP contribution in [0.5, 0.6) is 0 Å². The van der Waals surface area contributed by atoms with E-state index in [-0.39, 0.29) is 5.91 Å². The second-order valence-corrected chi connectivity index (χ2v) is 6.06. The number of amides is 1. The monoisotopic (exact) mass is 311 g/mol. The van der Waals surface area contributed by atoms with Gasteiger partial charge in [-0.2, -0.15) is 0 Å². The van der Waals surface area contributed by atoms with E-state index in [0.29, 0.717) is 18.7 Å². The number of aryl methyl sites for hydroxylation is 1. The van der Waals surface area contributed by atoms with Gasteiger partial charge in [0.05, 0.1) is 11.3 Å². The molecule has 1 aliphatic heterocycles. The zero-order valence-electron chi connectivity index (χ0n) is 13.8. The minimum Gasteiger partial charge on any atom is -0.362 e. The molecule has 23 heavy (non-hydrogen) atoms. The lowest BCUT2D eigenvalue weighted by molar-refractivity contribution is 0.0762. The van der Waals surface area contributed by atoms with Crippen molar-refractivity contribution < 1.29 is 4.79 Å². The van der Waals surface area contributed by atoms with Gasteiger partial charge in [0.1, 0.15) is 12.1 Å². The van der Waals surface area contributed by atoms with Gasteiger partial charge in [0.2, 0.25) is 0 Å². The largest absolute Gasteiger partial charge is 0.362 e. The lowest BCUT2D eigenvalue weighted by Crippen LogP contribution is -2.33. The van der Waals surface area contributed by atoms with Crippen LogP contribution in [0.2, 0.25) is 0 Å². The van der Waals surface area contributed by atoms with Crippen molar-refractivity contribution in [2.24, 2.45) is 0 Å². The van der Waals surface area contributed by atoms with Gasteiger partial charge < -0.3 is 9.80 Å². The van der Waals surface area contributed by atoms with E-state index in [1.807, 2.05) is 36.9 Å². The van der Waals surface area contributed by atoms with Gasteiger partial charge in [-0.05, 0) is 25.0 Å². The van der Waals surface area contributed by atoms with Gasteiger partial charge in [0.25, 0.3) is 5.91 Å². The van der Waals surface area contributed by atoms with Gasteiger partial charge in [-0.1, -0.05) is 0 Å². The number of carbonyl (C=O) groups excluding carboxylic acids is 1. The molecule has 3 heterocycles. The molecule has 0 spiro atoms. The maximum absolute atomic E-state index is 12.7. The van der Waals surface area contributed by atoms with Crippen LogP contribution in [-0.4, -0.2) is 52.9 Å². The highest BCUT2D eigenvalue weighted by molar-refractivity contribution is 5.94. The molecule has 0 unspecified atom stereocenters. The molecular weight excluding hydrogens is 290 g/mol. The second-order valence-electron chi connectivity index (χ2n) is 6.06. The fourth-order valence-corrected chi connectivity index (χ4v) is 2.95.